The van der Waals surface area contributed by atoms with Crippen LogP contribution in [0.15, 0.2) is 29.2 Å². The average molecular weight is 283 g/mol. The molecular weight excluding hydrogens is 266 g/mol. The predicted octanol–water partition coefficient (Wildman–Crippen LogP) is 0.904. The number of carbonyl (C=O) groups is 1. The summed E-state index contributed by atoms with van der Waals surface area (Å²) in [5.41, 5.74) is 1.01. The lowest BCUT2D eigenvalue weighted by atomic mass is 10.3. The molecular formula is C12H17N3O3S. The fraction of sp³-hybridized carbons (Fsp3) is 0.417. The van der Waals surface area contributed by atoms with Crippen molar-refractivity contribution >= 4 is 21.7 Å². The molecule has 0 unspecified atom stereocenters. The zero-order valence-electron chi connectivity index (χ0n) is 10.7. The second-order valence-corrected chi connectivity index (χ2v) is 6.06. The molecule has 0 aromatic heterocycles. The Bertz CT molecular complexity index is 548. The maximum Gasteiger partial charge on any atom is 0.328 e. The molecule has 6 nitrogen and oxygen atoms in total. The Morgan fingerprint density at radius 2 is 1.74 bits per heavy atom. The third-order valence-electron chi connectivity index (χ3n) is 3.07. The van der Waals surface area contributed by atoms with Gasteiger partial charge in [-0.2, -0.15) is 0 Å². The highest BCUT2D eigenvalue weighted by molar-refractivity contribution is 7.90. The summed E-state index contributed by atoms with van der Waals surface area (Å²) >= 11 is 0. The fourth-order valence-electron chi connectivity index (χ4n) is 2.04. The molecule has 104 valence electrons. The quantitative estimate of drug-likeness (QED) is 0.864. The number of rotatable bonds is 3. The predicted molar refractivity (Wildman–Crippen MR) is 72.7 cm³/mol. The van der Waals surface area contributed by atoms with Gasteiger partial charge in [-0.1, -0.05) is 0 Å². The minimum atomic E-state index is -3.79. The van der Waals surface area contributed by atoms with Crippen LogP contribution in [0.25, 0.3) is 0 Å². The van der Waals surface area contributed by atoms with Crippen LogP contribution in [0.5, 0.6) is 0 Å². The van der Waals surface area contributed by atoms with E-state index in [4.69, 9.17) is 0 Å². The third-order valence-corrected chi connectivity index (χ3v) is 4.42. The highest BCUT2D eigenvalue weighted by Gasteiger charge is 2.18. The molecule has 2 N–H and O–H groups in total. The molecule has 0 spiro atoms. The molecule has 19 heavy (non-hydrogen) atoms. The Balaban J connectivity index is 2.15. The van der Waals surface area contributed by atoms with Gasteiger partial charge in [0.15, 0.2) is 0 Å². The van der Waals surface area contributed by atoms with E-state index in [2.05, 4.69) is 10.2 Å². The first kappa shape index (κ1) is 13.7. The van der Waals surface area contributed by atoms with Gasteiger partial charge in [-0.05, 0) is 37.1 Å². The van der Waals surface area contributed by atoms with Crippen LogP contribution in [-0.2, 0) is 10.0 Å². The van der Waals surface area contributed by atoms with E-state index in [9.17, 15) is 13.2 Å². The summed E-state index contributed by atoms with van der Waals surface area (Å²) in [6.45, 7) is 2.01. The first-order valence-corrected chi connectivity index (χ1v) is 7.61. The molecule has 2 rings (SSSR count). The van der Waals surface area contributed by atoms with Crippen LogP contribution >= 0.6 is 0 Å². The van der Waals surface area contributed by atoms with Crippen LogP contribution in [0.2, 0.25) is 0 Å². The van der Waals surface area contributed by atoms with Gasteiger partial charge in [-0.3, -0.25) is 0 Å². The van der Waals surface area contributed by atoms with Gasteiger partial charge in [0.25, 0.3) is 10.0 Å². The van der Waals surface area contributed by atoms with E-state index in [0.717, 1.165) is 31.6 Å². The zero-order chi connectivity index (χ0) is 13.9. The average Bonchev–Trinajstić information content (AvgIpc) is 2.92. The number of anilines is 1. The lowest BCUT2D eigenvalue weighted by Gasteiger charge is -2.17. The molecule has 0 saturated carbocycles. The minimum absolute atomic E-state index is 0.0825. The third kappa shape index (κ3) is 3.17. The Labute approximate surface area is 112 Å². The number of benzene rings is 1. The van der Waals surface area contributed by atoms with Gasteiger partial charge in [0.1, 0.15) is 0 Å². The Morgan fingerprint density at radius 3 is 2.26 bits per heavy atom. The fourth-order valence-corrected chi connectivity index (χ4v) is 3.00. The standard InChI is InChI=1S/C12H17N3O3S/c1-13-12(16)14-19(17,18)11-6-4-10(5-7-11)15-8-2-3-9-15/h4-7H,2-3,8-9H2,1H3,(H2,13,14,16). The van der Waals surface area contributed by atoms with Crippen molar-refractivity contribution in [2.24, 2.45) is 0 Å². The minimum Gasteiger partial charge on any atom is -0.372 e. The van der Waals surface area contributed by atoms with Crippen LogP contribution in [0.4, 0.5) is 10.5 Å². The van der Waals surface area contributed by atoms with E-state index in [1.807, 2.05) is 4.72 Å². The second-order valence-electron chi connectivity index (χ2n) is 4.37. The van der Waals surface area contributed by atoms with Gasteiger partial charge >= 0.3 is 6.03 Å². The first-order valence-electron chi connectivity index (χ1n) is 6.12. The molecule has 1 aromatic carbocycles. The summed E-state index contributed by atoms with van der Waals surface area (Å²) in [7, 11) is -2.43. The van der Waals surface area contributed by atoms with Gasteiger partial charge in [0.2, 0.25) is 0 Å². The molecule has 2 amide bonds. The number of hydrogen-bond acceptors (Lipinski definition) is 4. The Hall–Kier alpha value is -1.76. The summed E-state index contributed by atoms with van der Waals surface area (Å²) in [4.78, 5) is 13.4. The number of amides is 2. The summed E-state index contributed by atoms with van der Waals surface area (Å²) in [5, 5.41) is 2.21. The Morgan fingerprint density at radius 1 is 1.16 bits per heavy atom. The maximum absolute atomic E-state index is 11.8. The van der Waals surface area contributed by atoms with Crippen molar-refractivity contribution in [3.8, 4) is 0 Å². The Kier molecular flexibility index (Phi) is 3.94. The van der Waals surface area contributed by atoms with Gasteiger partial charge in [-0.25, -0.2) is 17.9 Å². The molecule has 1 aromatic rings. The summed E-state index contributed by atoms with van der Waals surface area (Å²) < 4.78 is 25.6. The smallest absolute Gasteiger partial charge is 0.328 e. The molecule has 0 atom stereocenters. The normalized spacial score (nSPS) is 15.3. The van der Waals surface area contributed by atoms with Crippen LogP contribution in [-0.4, -0.2) is 34.6 Å². The monoisotopic (exact) mass is 283 g/mol. The second kappa shape index (κ2) is 5.48. The molecule has 0 aliphatic carbocycles. The number of nitrogens with one attached hydrogen (secondary N) is 2. The molecule has 1 saturated heterocycles. The van der Waals surface area contributed by atoms with Crippen molar-refractivity contribution in [2.75, 3.05) is 25.0 Å². The summed E-state index contributed by atoms with van der Waals surface area (Å²) in [5.74, 6) is 0. The maximum atomic E-state index is 11.8. The van der Waals surface area contributed by atoms with E-state index >= 15 is 0 Å². The molecule has 1 heterocycles. The van der Waals surface area contributed by atoms with Crippen LogP contribution < -0.4 is 14.9 Å². The largest absolute Gasteiger partial charge is 0.372 e. The van der Waals surface area contributed by atoms with E-state index in [1.54, 1.807) is 12.1 Å². The first-order chi connectivity index (χ1) is 9.03. The van der Waals surface area contributed by atoms with Crippen molar-refractivity contribution < 1.29 is 13.2 Å². The molecule has 1 aliphatic heterocycles. The van der Waals surface area contributed by atoms with Crippen LogP contribution in [0.3, 0.4) is 0 Å². The summed E-state index contributed by atoms with van der Waals surface area (Å²) in [6, 6.07) is 5.81. The zero-order valence-corrected chi connectivity index (χ0v) is 11.5. The van der Waals surface area contributed by atoms with E-state index in [-0.39, 0.29) is 4.90 Å². The van der Waals surface area contributed by atoms with Crippen molar-refractivity contribution in [3.05, 3.63) is 24.3 Å². The number of urea groups is 1. The van der Waals surface area contributed by atoms with Crippen molar-refractivity contribution in [2.45, 2.75) is 17.7 Å². The highest BCUT2D eigenvalue weighted by atomic mass is 32.2. The van der Waals surface area contributed by atoms with Crippen molar-refractivity contribution in [3.63, 3.8) is 0 Å². The van der Waals surface area contributed by atoms with E-state index < -0.39 is 16.1 Å². The SMILES string of the molecule is CNC(=O)NS(=O)(=O)c1ccc(N2CCCC2)cc1. The van der Waals surface area contributed by atoms with Crippen molar-refractivity contribution in [1.82, 2.24) is 10.0 Å². The lowest BCUT2D eigenvalue weighted by molar-refractivity contribution is 0.248. The molecule has 7 heteroatoms. The number of nitrogens with zero attached hydrogens (tertiary/aromatic N) is 1. The highest BCUT2D eigenvalue weighted by Crippen LogP contribution is 2.21. The van der Waals surface area contributed by atoms with E-state index in [1.165, 1.54) is 19.2 Å². The van der Waals surface area contributed by atoms with E-state index in [0.29, 0.717) is 0 Å². The number of carbonyl (C=O) groups excluding carboxylic acids is 1. The van der Waals surface area contributed by atoms with Gasteiger partial charge in [0, 0.05) is 25.8 Å². The molecule has 1 aliphatic rings. The summed E-state index contributed by atoms with van der Waals surface area (Å²) in [6.07, 6.45) is 2.33. The number of sulfonamides is 1. The van der Waals surface area contributed by atoms with Gasteiger partial charge in [-0.15, -0.1) is 0 Å². The molecule has 0 bridgehead atoms. The number of hydrogen-bond donors (Lipinski definition) is 2. The topological polar surface area (TPSA) is 78.5 Å². The van der Waals surface area contributed by atoms with Gasteiger partial charge in [0.05, 0.1) is 4.90 Å². The van der Waals surface area contributed by atoms with Gasteiger partial charge < -0.3 is 10.2 Å². The van der Waals surface area contributed by atoms with Crippen LogP contribution in [0, 0.1) is 0 Å². The van der Waals surface area contributed by atoms with Crippen LogP contribution in [0.1, 0.15) is 12.8 Å². The van der Waals surface area contributed by atoms with Crippen molar-refractivity contribution in [1.29, 1.82) is 0 Å². The lowest BCUT2D eigenvalue weighted by Crippen LogP contribution is -2.37. The molecule has 1 fully saturated rings. The molecule has 0 radical (unpaired) electrons.